The molecule has 0 amide bonds. The van der Waals surface area contributed by atoms with Crippen LogP contribution >= 0.6 is 27.5 Å². The molecule has 0 bridgehead atoms. The number of halogens is 2. The van der Waals surface area contributed by atoms with Crippen LogP contribution in [0, 0.1) is 0 Å². The molecule has 2 rings (SSSR count). The third-order valence-corrected chi connectivity index (χ3v) is 3.24. The molecule has 2 aromatic rings. The number of hydrogen-bond acceptors (Lipinski definition) is 5. The van der Waals surface area contributed by atoms with Gasteiger partial charge in [-0.3, -0.25) is 0 Å². The summed E-state index contributed by atoms with van der Waals surface area (Å²) in [4.78, 5) is 8.54. The molecule has 0 saturated heterocycles. The first-order valence-electron chi connectivity index (χ1n) is 5.80. The Kier molecular flexibility index (Phi) is 5.17. The van der Waals surface area contributed by atoms with Crippen LogP contribution in [-0.2, 0) is 11.3 Å². The van der Waals surface area contributed by atoms with Crippen molar-refractivity contribution in [3.8, 4) is 11.6 Å². The molecule has 5 nitrogen and oxygen atoms in total. The second-order valence-corrected chi connectivity index (χ2v) is 5.16. The lowest BCUT2D eigenvalue weighted by molar-refractivity contribution is 0.177. The number of ether oxygens (including phenoxy) is 2. The van der Waals surface area contributed by atoms with Gasteiger partial charge in [0.1, 0.15) is 18.2 Å². The number of rotatable bonds is 5. The van der Waals surface area contributed by atoms with Crippen LogP contribution in [0.4, 0.5) is 5.82 Å². The van der Waals surface area contributed by atoms with Crippen LogP contribution in [0.1, 0.15) is 5.82 Å². The highest BCUT2D eigenvalue weighted by molar-refractivity contribution is 9.10. The zero-order chi connectivity index (χ0) is 14.5. The quantitative estimate of drug-likeness (QED) is 0.879. The Bertz CT molecular complexity index is 610. The summed E-state index contributed by atoms with van der Waals surface area (Å²) >= 11 is 9.29. The van der Waals surface area contributed by atoms with Crippen molar-refractivity contribution in [3.05, 3.63) is 39.6 Å². The Balaban J connectivity index is 2.29. The SMILES string of the molecule is CNc1cc(Oc2ccc(Cl)cc2Br)nc(COC)n1. The molecular weight excluding hydrogens is 346 g/mol. The number of nitrogens with one attached hydrogen (secondary N) is 1. The van der Waals surface area contributed by atoms with Crippen molar-refractivity contribution in [1.29, 1.82) is 0 Å². The first kappa shape index (κ1) is 15.0. The molecule has 20 heavy (non-hydrogen) atoms. The van der Waals surface area contributed by atoms with Gasteiger partial charge in [0.25, 0.3) is 0 Å². The summed E-state index contributed by atoms with van der Waals surface area (Å²) in [6.45, 7) is 0.313. The van der Waals surface area contributed by atoms with E-state index in [9.17, 15) is 0 Å². The van der Waals surface area contributed by atoms with Crippen LogP contribution in [0.2, 0.25) is 5.02 Å². The molecule has 0 aliphatic carbocycles. The molecule has 0 saturated carbocycles. The van der Waals surface area contributed by atoms with E-state index in [0.29, 0.717) is 34.9 Å². The predicted octanol–water partition coefficient (Wildman–Crippen LogP) is 3.87. The molecule has 0 aliphatic heterocycles. The lowest BCUT2D eigenvalue weighted by atomic mass is 10.3. The fraction of sp³-hybridized carbons (Fsp3) is 0.231. The van der Waals surface area contributed by atoms with E-state index in [-0.39, 0.29) is 0 Å². The summed E-state index contributed by atoms with van der Waals surface area (Å²) in [5.41, 5.74) is 0. The van der Waals surface area contributed by atoms with Gasteiger partial charge in [-0.05, 0) is 34.1 Å². The molecule has 1 heterocycles. The molecule has 106 valence electrons. The molecule has 1 aromatic carbocycles. The van der Waals surface area contributed by atoms with E-state index in [0.717, 1.165) is 4.47 Å². The minimum atomic E-state index is 0.313. The third-order valence-electron chi connectivity index (χ3n) is 2.39. The summed E-state index contributed by atoms with van der Waals surface area (Å²) in [5, 5.41) is 3.58. The second kappa shape index (κ2) is 6.88. The molecule has 0 atom stereocenters. The third kappa shape index (κ3) is 3.82. The smallest absolute Gasteiger partial charge is 0.224 e. The van der Waals surface area contributed by atoms with E-state index in [1.807, 2.05) is 0 Å². The Morgan fingerprint density at radius 3 is 2.75 bits per heavy atom. The normalized spacial score (nSPS) is 10.4. The average Bonchev–Trinajstić information content (AvgIpc) is 2.42. The molecule has 0 radical (unpaired) electrons. The topological polar surface area (TPSA) is 56.3 Å². The number of nitrogens with zero attached hydrogens (tertiary/aromatic N) is 2. The van der Waals surface area contributed by atoms with Crippen LogP contribution < -0.4 is 10.1 Å². The molecule has 0 spiro atoms. The zero-order valence-corrected chi connectivity index (χ0v) is 13.3. The standard InChI is InChI=1S/C13H13BrClN3O2/c1-16-11-6-13(18-12(17-11)7-19-2)20-10-4-3-8(15)5-9(10)14/h3-6H,7H2,1-2H3,(H,16,17,18). The molecule has 0 aliphatic rings. The molecule has 0 unspecified atom stereocenters. The predicted molar refractivity (Wildman–Crippen MR) is 81.5 cm³/mol. The largest absolute Gasteiger partial charge is 0.438 e. The summed E-state index contributed by atoms with van der Waals surface area (Å²) in [7, 11) is 3.37. The van der Waals surface area contributed by atoms with Crippen LogP contribution in [-0.4, -0.2) is 24.1 Å². The fourth-order valence-corrected chi connectivity index (χ4v) is 2.28. The van der Waals surface area contributed by atoms with Crippen LogP contribution in [0.3, 0.4) is 0 Å². The van der Waals surface area contributed by atoms with E-state index < -0.39 is 0 Å². The maximum Gasteiger partial charge on any atom is 0.224 e. The number of aromatic nitrogens is 2. The van der Waals surface area contributed by atoms with Crippen molar-refractivity contribution in [2.75, 3.05) is 19.5 Å². The lowest BCUT2D eigenvalue weighted by Gasteiger charge is -2.10. The van der Waals surface area contributed by atoms with Gasteiger partial charge in [0.05, 0.1) is 4.47 Å². The maximum atomic E-state index is 5.90. The van der Waals surface area contributed by atoms with E-state index in [4.69, 9.17) is 21.1 Å². The van der Waals surface area contributed by atoms with Crippen LogP contribution in [0.25, 0.3) is 0 Å². The molecule has 1 N–H and O–H groups in total. The summed E-state index contributed by atoms with van der Waals surface area (Å²) in [6, 6.07) is 6.98. The van der Waals surface area contributed by atoms with E-state index >= 15 is 0 Å². The van der Waals surface area contributed by atoms with E-state index in [1.165, 1.54) is 0 Å². The van der Waals surface area contributed by atoms with Gasteiger partial charge in [0.2, 0.25) is 5.88 Å². The highest BCUT2D eigenvalue weighted by Gasteiger charge is 2.08. The average molecular weight is 359 g/mol. The van der Waals surface area contributed by atoms with Gasteiger partial charge in [-0.1, -0.05) is 11.6 Å². The molecule has 7 heteroatoms. The van der Waals surface area contributed by atoms with Crippen molar-refractivity contribution in [2.45, 2.75) is 6.61 Å². The Labute approximate surface area is 130 Å². The number of methoxy groups -OCH3 is 1. The van der Waals surface area contributed by atoms with Gasteiger partial charge in [-0.15, -0.1) is 0 Å². The van der Waals surface area contributed by atoms with Crippen LogP contribution in [0.15, 0.2) is 28.7 Å². The van der Waals surface area contributed by atoms with Gasteiger partial charge >= 0.3 is 0 Å². The number of benzene rings is 1. The second-order valence-electron chi connectivity index (χ2n) is 3.87. The number of hydrogen-bond donors (Lipinski definition) is 1. The number of anilines is 1. The van der Waals surface area contributed by atoms with Crippen molar-refractivity contribution >= 4 is 33.3 Å². The van der Waals surface area contributed by atoms with Gasteiger partial charge in [0, 0.05) is 25.2 Å². The van der Waals surface area contributed by atoms with Crippen molar-refractivity contribution in [2.24, 2.45) is 0 Å². The molecule has 1 aromatic heterocycles. The summed E-state index contributed by atoms with van der Waals surface area (Å²) in [6.07, 6.45) is 0. The first-order chi connectivity index (χ1) is 9.62. The van der Waals surface area contributed by atoms with Crippen molar-refractivity contribution in [3.63, 3.8) is 0 Å². The van der Waals surface area contributed by atoms with Gasteiger partial charge in [0.15, 0.2) is 5.82 Å². The van der Waals surface area contributed by atoms with Crippen molar-refractivity contribution < 1.29 is 9.47 Å². The maximum absolute atomic E-state index is 5.90. The first-order valence-corrected chi connectivity index (χ1v) is 6.97. The summed E-state index contributed by atoms with van der Waals surface area (Å²) in [5.74, 6) is 2.25. The highest BCUT2D eigenvalue weighted by atomic mass is 79.9. The van der Waals surface area contributed by atoms with Gasteiger partial charge in [-0.2, -0.15) is 4.98 Å². The lowest BCUT2D eigenvalue weighted by Crippen LogP contribution is -2.03. The van der Waals surface area contributed by atoms with Crippen molar-refractivity contribution in [1.82, 2.24) is 9.97 Å². The monoisotopic (exact) mass is 357 g/mol. The summed E-state index contributed by atoms with van der Waals surface area (Å²) < 4.78 is 11.5. The Hall–Kier alpha value is -1.37. The van der Waals surface area contributed by atoms with Gasteiger partial charge in [-0.25, -0.2) is 4.98 Å². The highest BCUT2D eigenvalue weighted by Crippen LogP contribution is 2.31. The van der Waals surface area contributed by atoms with Crippen LogP contribution in [0.5, 0.6) is 11.6 Å². The minimum Gasteiger partial charge on any atom is -0.438 e. The van der Waals surface area contributed by atoms with Gasteiger partial charge < -0.3 is 14.8 Å². The minimum absolute atomic E-state index is 0.313. The Morgan fingerprint density at radius 2 is 2.10 bits per heavy atom. The molecular formula is C13H13BrClN3O2. The van der Waals surface area contributed by atoms with E-state index in [2.05, 4.69) is 31.2 Å². The van der Waals surface area contributed by atoms with E-state index in [1.54, 1.807) is 38.4 Å². The zero-order valence-electron chi connectivity index (χ0n) is 11.0. The molecule has 0 fully saturated rings. The Morgan fingerprint density at radius 1 is 1.30 bits per heavy atom. The fourth-order valence-electron chi connectivity index (χ4n) is 1.52.